The van der Waals surface area contributed by atoms with Gasteiger partial charge >= 0.3 is 0 Å². The highest BCUT2D eigenvalue weighted by Gasteiger charge is 1.98. The van der Waals surface area contributed by atoms with Crippen LogP contribution in [-0.2, 0) is 5.33 Å². The van der Waals surface area contributed by atoms with Crippen molar-refractivity contribution in [1.29, 1.82) is 0 Å². The van der Waals surface area contributed by atoms with Crippen LogP contribution in [0.4, 0.5) is 0 Å². The number of aromatic nitrogens is 1. The van der Waals surface area contributed by atoms with Gasteiger partial charge < -0.3 is 4.74 Å². The third-order valence-electron chi connectivity index (χ3n) is 1.17. The third kappa shape index (κ3) is 2.45. The summed E-state index contributed by atoms with van der Waals surface area (Å²) in [7, 11) is 1.60. The van der Waals surface area contributed by atoms with Gasteiger partial charge in [0.2, 0.25) is 5.88 Å². The van der Waals surface area contributed by atoms with E-state index in [0.717, 1.165) is 15.5 Å². The molecule has 60 valence electrons. The van der Waals surface area contributed by atoms with E-state index in [1.165, 1.54) is 0 Å². The van der Waals surface area contributed by atoms with Crippen LogP contribution in [0.25, 0.3) is 0 Å². The summed E-state index contributed by atoms with van der Waals surface area (Å²) in [4.78, 5) is 4.17. The van der Waals surface area contributed by atoms with Gasteiger partial charge in [-0.1, -0.05) is 31.9 Å². The summed E-state index contributed by atoms with van der Waals surface area (Å²) < 4.78 is 5.96. The molecule has 1 rings (SSSR count). The Labute approximate surface area is 82.2 Å². The lowest BCUT2D eigenvalue weighted by Crippen LogP contribution is -1.91. The van der Waals surface area contributed by atoms with Crippen LogP contribution in [0.2, 0.25) is 0 Å². The minimum absolute atomic E-state index is 0.633. The number of ether oxygens (including phenoxy) is 1. The summed E-state index contributed by atoms with van der Waals surface area (Å²) in [5.74, 6) is 0.633. The van der Waals surface area contributed by atoms with Gasteiger partial charge in [-0.3, -0.25) is 0 Å². The van der Waals surface area contributed by atoms with Crippen LogP contribution in [0.1, 0.15) is 5.69 Å². The molecule has 0 N–H and O–H groups in total. The Bertz CT molecular complexity index is 230. The number of methoxy groups -OCH3 is 1. The Morgan fingerprint density at radius 3 is 2.82 bits per heavy atom. The summed E-state index contributed by atoms with van der Waals surface area (Å²) in [5.41, 5.74) is 0.955. The van der Waals surface area contributed by atoms with Gasteiger partial charge in [-0.2, -0.15) is 0 Å². The quantitative estimate of drug-likeness (QED) is 0.777. The Morgan fingerprint density at radius 1 is 1.55 bits per heavy atom. The van der Waals surface area contributed by atoms with Crippen molar-refractivity contribution in [3.8, 4) is 5.88 Å². The first kappa shape index (κ1) is 9.00. The highest BCUT2D eigenvalue weighted by atomic mass is 79.9. The molecule has 0 aromatic carbocycles. The molecule has 1 aromatic heterocycles. The van der Waals surface area contributed by atoms with Gasteiger partial charge in [0, 0.05) is 15.9 Å². The number of hydrogen-bond acceptors (Lipinski definition) is 2. The molecule has 2 nitrogen and oxygen atoms in total. The second-order valence-electron chi connectivity index (χ2n) is 1.95. The minimum atomic E-state index is 0.633. The number of pyridine rings is 1. The zero-order chi connectivity index (χ0) is 8.27. The van der Waals surface area contributed by atoms with E-state index in [1.54, 1.807) is 7.11 Å². The minimum Gasteiger partial charge on any atom is -0.481 e. The van der Waals surface area contributed by atoms with E-state index in [-0.39, 0.29) is 0 Å². The summed E-state index contributed by atoms with van der Waals surface area (Å²) in [6, 6.07) is 3.77. The lowest BCUT2D eigenvalue weighted by Gasteiger charge is -2.01. The molecule has 0 bridgehead atoms. The largest absolute Gasteiger partial charge is 0.481 e. The topological polar surface area (TPSA) is 22.1 Å². The van der Waals surface area contributed by atoms with Gasteiger partial charge in [0.1, 0.15) is 0 Å². The summed E-state index contributed by atoms with van der Waals surface area (Å²) in [6.45, 7) is 0. The predicted octanol–water partition coefficient (Wildman–Crippen LogP) is 2.75. The van der Waals surface area contributed by atoms with E-state index in [1.807, 2.05) is 12.1 Å². The van der Waals surface area contributed by atoms with Crippen molar-refractivity contribution >= 4 is 31.9 Å². The van der Waals surface area contributed by atoms with Crippen molar-refractivity contribution < 1.29 is 4.74 Å². The molecule has 0 aliphatic heterocycles. The fourth-order valence-corrected chi connectivity index (χ4v) is 1.45. The predicted molar refractivity (Wildman–Crippen MR) is 51.1 cm³/mol. The van der Waals surface area contributed by atoms with E-state index in [0.29, 0.717) is 5.88 Å². The summed E-state index contributed by atoms with van der Waals surface area (Å²) in [5, 5.41) is 0.739. The van der Waals surface area contributed by atoms with Gasteiger partial charge in [-0.05, 0) is 6.07 Å². The number of rotatable bonds is 2. The number of halogens is 2. The molecule has 0 saturated heterocycles. The maximum Gasteiger partial charge on any atom is 0.214 e. The van der Waals surface area contributed by atoms with Gasteiger partial charge in [-0.25, -0.2) is 4.98 Å². The van der Waals surface area contributed by atoms with Crippen LogP contribution >= 0.6 is 31.9 Å². The number of hydrogen-bond donors (Lipinski definition) is 0. The van der Waals surface area contributed by atoms with Crippen LogP contribution in [0.3, 0.4) is 0 Å². The fourth-order valence-electron chi connectivity index (χ4n) is 0.698. The fraction of sp³-hybridized carbons (Fsp3) is 0.286. The van der Waals surface area contributed by atoms with Gasteiger partial charge in [-0.15, -0.1) is 0 Å². The first-order valence-corrected chi connectivity index (χ1v) is 4.94. The van der Waals surface area contributed by atoms with Crippen molar-refractivity contribution in [2.75, 3.05) is 7.11 Å². The molecule has 0 spiro atoms. The average molecular weight is 281 g/mol. The van der Waals surface area contributed by atoms with Crippen molar-refractivity contribution in [2.45, 2.75) is 5.33 Å². The molecule has 0 aliphatic carbocycles. The van der Waals surface area contributed by atoms with Gasteiger partial charge in [0.15, 0.2) is 0 Å². The molecular formula is C7H7Br2NO. The molecule has 0 unspecified atom stereocenters. The Kier molecular flexibility index (Phi) is 3.33. The Balaban J connectivity index is 3.02. The van der Waals surface area contributed by atoms with E-state index in [9.17, 15) is 0 Å². The molecular weight excluding hydrogens is 274 g/mol. The van der Waals surface area contributed by atoms with Crippen molar-refractivity contribution in [3.63, 3.8) is 0 Å². The Morgan fingerprint density at radius 2 is 2.27 bits per heavy atom. The maximum absolute atomic E-state index is 4.98. The maximum atomic E-state index is 4.98. The zero-order valence-electron chi connectivity index (χ0n) is 5.97. The first-order chi connectivity index (χ1) is 5.26. The van der Waals surface area contributed by atoms with E-state index < -0.39 is 0 Å². The van der Waals surface area contributed by atoms with Gasteiger partial charge in [0.05, 0.1) is 12.8 Å². The SMILES string of the molecule is COc1cc(Br)cc(CBr)n1. The molecule has 0 fully saturated rings. The number of nitrogens with zero attached hydrogens (tertiary/aromatic N) is 1. The van der Waals surface area contributed by atoms with Crippen molar-refractivity contribution in [2.24, 2.45) is 0 Å². The standard InChI is InChI=1S/C7H7Br2NO/c1-11-7-3-5(9)2-6(4-8)10-7/h2-3H,4H2,1H3. The van der Waals surface area contributed by atoms with E-state index >= 15 is 0 Å². The smallest absolute Gasteiger partial charge is 0.214 e. The van der Waals surface area contributed by atoms with E-state index in [2.05, 4.69) is 36.8 Å². The monoisotopic (exact) mass is 279 g/mol. The van der Waals surface area contributed by atoms with Crippen LogP contribution in [0.15, 0.2) is 16.6 Å². The highest BCUT2D eigenvalue weighted by Crippen LogP contribution is 2.18. The zero-order valence-corrected chi connectivity index (χ0v) is 9.15. The second kappa shape index (κ2) is 4.07. The lowest BCUT2D eigenvalue weighted by molar-refractivity contribution is 0.396. The Hall–Kier alpha value is -0.0900. The van der Waals surface area contributed by atoms with Crippen LogP contribution in [0.5, 0.6) is 5.88 Å². The molecule has 0 amide bonds. The molecule has 0 radical (unpaired) electrons. The normalized spacial score (nSPS) is 9.73. The van der Waals surface area contributed by atoms with Gasteiger partial charge in [0.25, 0.3) is 0 Å². The average Bonchev–Trinajstić information content (AvgIpc) is 2.03. The third-order valence-corrected chi connectivity index (χ3v) is 2.20. The second-order valence-corrected chi connectivity index (χ2v) is 3.43. The highest BCUT2D eigenvalue weighted by molar-refractivity contribution is 9.10. The van der Waals surface area contributed by atoms with Crippen LogP contribution in [-0.4, -0.2) is 12.1 Å². The molecule has 1 aromatic rings. The van der Waals surface area contributed by atoms with E-state index in [4.69, 9.17) is 4.74 Å². The first-order valence-electron chi connectivity index (χ1n) is 3.02. The molecule has 1 heterocycles. The summed E-state index contributed by atoms with van der Waals surface area (Å²) in [6.07, 6.45) is 0. The molecule has 11 heavy (non-hydrogen) atoms. The molecule has 0 saturated carbocycles. The molecule has 0 aliphatic rings. The lowest BCUT2D eigenvalue weighted by atomic mass is 10.4. The number of alkyl halides is 1. The van der Waals surface area contributed by atoms with Crippen molar-refractivity contribution in [3.05, 3.63) is 22.3 Å². The molecule has 0 atom stereocenters. The van der Waals surface area contributed by atoms with Crippen molar-refractivity contribution in [1.82, 2.24) is 4.98 Å². The molecule has 4 heteroatoms. The van der Waals surface area contributed by atoms with Crippen LogP contribution in [0, 0.1) is 0 Å². The summed E-state index contributed by atoms with van der Waals surface area (Å²) >= 11 is 6.67. The van der Waals surface area contributed by atoms with Crippen LogP contribution < -0.4 is 4.74 Å².